The van der Waals surface area contributed by atoms with Crippen LogP contribution in [0.25, 0.3) is 10.3 Å². The molecule has 0 radical (unpaired) electrons. The van der Waals surface area contributed by atoms with E-state index in [0.29, 0.717) is 41.6 Å². The van der Waals surface area contributed by atoms with Gasteiger partial charge in [0.05, 0.1) is 10.7 Å². The summed E-state index contributed by atoms with van der Waals surface area (Å²) in [5.74, 6) is -0.277. The van der Waals surface area contributed by atoms with Gasteiger partial charge in [0, 0.05) is 32.0 Å². The first-order chi connectivity index (χ1) is 14.9. The van der Waals surface area contributed by atoms with E-state index in [4.69, 9.17) is 14.6 Å². The molecule has 0 aliphatic carbocycles. The van der Waals surface area contributed by atoms with Crippen molar-refractivity contribution in [2.24, 2.45) is 0 Å². The molecule has 3 heterocycles. The first-order valence-electron chi connectivity index (χ1n) is 9.82. The van der Waals surface area contributed by atoms with Gasteiger partial charge in [-0.15, -0.1) is 0 Å². The second-order valence-electron chi connectivity index (χ2n) is 7.07. The molecule has 1 fully saturated rings. The molecule has 8 nitrogen and oxygen atoms in total. The number of thiazole rings is 1. The number of hydrogen-bond acceptors (Lipinski definition) is 8. The summed E-state index contributed by atoms with van der Waals surface area (Å²) in [6.07, 6.45) is 2.49. The molecule has 1 saturated heterocycles. The van der Waals surface area contributed by atoms with Crippen LogP contribution in [0, 0.1) is 5.82 Å². The largest absolute Gasteiger partial charge is 0.489 e. The average molecular weight is 511 g/mol. The molecule has 0 saturated carbocycles. The number of anilines is 1. The van der Waals surface area contributed by atoms with Crippen LogP contribution < -0.4 is 14.4 Å². The van der Waals surface area contributed by atoms with Crippen LogP contribution in [-0.4, -0.2) is 51.3 Å². The maximum absolute atomic E-state index is 13.5. The zero-order chi connectivity index (χ0) is 22.0. The molecule has 1 N–H and O–H groups in total. The first-order valence-corrected chi connectivity index (χ1v) is 11.4. The number of carboxylic acids is 1. The minimum Gasteiger partial charge on any atom is -0.489 e. The van der Waals surface area contributed by atoms with Crippen molar-refractivity contribution in [3.05, 3.63) is 34.7 Å². The molecule has 4 rings (SSSR count). The molecule has 0 spiro atoms. The lowest BCUT2D eigenvalue weighted by Gasteiger charge is -2.32. The summed E-state index contributed by atoms with van der Waals surface area (Å²) in [4.78, 5) is 27.1. The number of aliphatic carboxylic acids is 1. The summed E-state index contributed by atoms with van der Waals surface area (Å²) in [6.45, 7) is 3.13. The number of aromatic nitrogens is 3. The Morgan fingerprint density at radius 3 is 2.87 bits per heavy atom. The van der Waals surface area contributed by atoms with E-state index >= 15 is 0 Å². The number of piperidine rings is 1. The summed E-state index contributed by atoms with van der Waals surface area (Å²) in [5, 5.41) is 9.42. The molecular weight excluding hydrogens is 491 g/mol. The van der Waals surface area contributed by atoms with Gasteiger partial charge in [-0.2, -0.15) is 9.97 Å². The third kappa shape index (κ3) is 5.04. The Hall–Kier alpha value is -2.53. The molecule has 11 heteroatoms. The Morgan fingerprint density at radius 2 is 2.16 bits per heavy atom. The van der Waals surface area contributed by atoms with E-state index in [1.807, 2.05) is 0 Å². The van der Waals surface area contributed by atoms with Gasteiger partial charge in [0.15, 0.2) is 10.9 Å². The number of carboxylic acid groups (broad SMARTS) is 1. The van der Waals surface area contributed by atoms with E-state index in [1.54, 1.807) is 19.2 Å². The summed E-state index contributed by atoms with van der Waals surface area (Å²) in [7, 11) is 0. The van der Waals surface area contributed by atoms with Crippen LogP contribution in [0.4, 0.5) is 10.3 Å². The van der Waals surface area contributed by atoms with Crippen LogP contribution in [0.15, 0.2) is 28.9 Å². The number of fused-ring (bicyclic) bond motifs is 1. The molecule has 0 amide bonds. The van der Waals surface area contributed by atoms with Crippen LogP contribution >= 0.6 is 27.3 Å². The molecule has 164 valence electrons. The van der Waals surface area contributed by atoms with Gasteiger partial charge in [0.2, 0.25) is 5.95 Å². The zero-order valence-electron chi connectivity index (χ0n) is 16.6. The first kappa shape index (κ1) is 21.7. The smallest absolute Gasteiger partial charge is 0.344 e. The molecule has 1 atom stereocenters. The topological polar surface area (TPSA) is 97.7 Å². The number of ether oxygens (including phenoxy) is 2. The molecule has 0 bridgehead atoms. The number of hydrogen-bond donors (Lipinski definition) is 1. The maximum atomic E-state index is 13.5. The summed E-state index contributed by atoms with van der Waals surface area (Å²) < 4.78 is 25.6. The monoisotopic (exact) mass is 510 g/mol. The van der Waals surface area contributed by atoms with Crippen molar-refractivity contribution in [2.75, 3.05) is 18.0 Å². The van der Waals surface area contributed by atoms with Crippen LogP contribution in [0.1, 0.15) is 26.2 Å². The van der Waals surface area contributed by atoms with Crippen LogP contribution in [0.5, 0.6) is 10.9 Å². The highest BCUT2D eigenvalue weighted by Gasteiger charge is 2.24. The highest BCUT2D eigenvalue weighted by Crippen LogP contribution is 2.31. The summed E-state index contributed by atoms with van der Waals surface area (Å²) >= 11 is 4.59. The number of nitrogens with zero attached hydrogens (tertiary/aromatic N) is 4. The van der Waals surface area contributed by atoms with E-state index in [1.165, 1.54) is 23.5 Å². The van der Waals surface area contributed by atoms with Crippen molar-refractivity contribution < 1.29 is 23.8 Å². The Kier molecular flexibility index (Phi) is 6.51. The van der Waals surface area contributed by atoms with E-state index in [0.717, 1.165) is 17.3 Å². The fourth-order valence-corrected chi connectivity index (χ4v) is 4.40. The van der Waals surface area contributed by atoms with Crippen molar-refractivity contribution in [1.29, 1.82) is 0 Å². The van der Waals surface area contributed by atoms with Gasteiger partial charge in [-0.05, 0) is 34.5 Å². The lowest BCUT2D eigenvalue weighted by molar-refractivity contribution is -0.145. The van der Waals surface area contributed by atoms with Gasteiger partial charge < -0.3 is 19.5 Å². The highest BCUT2D eigenvalue weighted by molar-refractivity contribution is 9.10. The van der Waals surface area contributed by atoms with Gasteiger partial charge in [-0.3, -0.25) is 0 Å². The Morgan fingerprint density at radius 1 is 1.39 bits per heavy atom. The predicted molar refractivity (Wildman–Crippen MR) is 118 cm³/mol. The number of rotatable bonds is 7. The van der Waals surface area contributed by atoms with Crippen molar-refractivity contribution in [1.82, 2.24) is 15.0 Å². The van der Waals surface area contributed by atoms with E-state index in [9.17, 15) is 9.18 Å². The van der Waals surface area contributed by atoms with E-state index in [2.05, 4.69) is 35.8 Å². The molecular formula is C20H20BrFN4O4S. The maximum Gasteiger partial charge on any atom is 0.344 e. The quantitative estimate of drug-likeness (QED) is 0.502. The van der Waals surface area contributed by atoms with Gasteiger partial charge in [-0.1, -0.05) is 18.3 Å². The molecule has 2 aromatic heterocycles. The van der Waals surface area contributed by atoms with E-state index in [-0.39, 0.29) is 17.1 Å². The standard InChI is InChI=1S/C20H20BrFN4O4S/c1-2-15(18(27)28)30-20-24-14-10-23-19(25-17(14)31-20)26-7-5-12(6-8-26)29-16-9-11(22)3-4-13(16)21/h3-4,9-10,12,15H,2,5-8H2,1H3,(H,27,28). The van der Waals surface area contributed by atoms with Crippen molar-refractivity contribution in [3.63, 3.8) is 0 Å². The van der Waals surface area contributed by atoms with Crippen LogP contribution in [0.2, 0.25) is 0 Å². The average Bonchev–Trinajstić information content (AvgIpc) is 3.16. The minimum absolute atomic E-state index is 0.0246. The second kappa shape index (κ2) is 9.31. The fourth-order valence-electron chi connectivity index (χ4n) is 3.26. The Balaban J connectivity index is 1.40. The van der Waals surface area contributed by atoms with Gasteiger partial charge in [0.1, 0.15) is 23.2 Å². The zero-order valence-corrected chi connectivity index (χ0v) is 19.0. The number of benzene rings is 1. The van der Waals surface area contributed by atoms with E-state index < -0.39 is 12.1 Å². The van der Waals surface area contributed by atoms with Crippen LogP contribution in [-0.2, 0) is 4.79 Å². The lowest BCUT2D eigenvalue weighted by Crippen LogP contribution is -2.39. The fraction of sp³-hybridized carbons (Fsp3) is 0.400. The Labute approximate surface area is 190 Å². The third-order valence-electron chi connectivity index (χ3n) is 4.92. The molecule has 3 aromatic rings. The number of carbonyl (C=O) groups is 1. The highest BCUT2D eigenvalue weighted by atomic mass is 79.9. The predicted octanol–water partition coefficient (Wildman–Crippen LogP) is 4.28. The van der Waals surface area contributed by atoms with Crippen molar-refractivity contribution >= 4 is 49.5 Å². The van der Waals surface area contributed by atoms with Crippen molar-refractivity contribution in [3.8, 4) is 10.9 Å². The molecule has 31 heavy (non-hydrogen) atoms. The summed E-state index contributed by atoms with van der Waals surface area (Å²) in [5.41, 5.74) is 0.568. The second-order valence-corrected chi connectivity index (χ2v) is 8.87. The molecule has 1 aromatic carbocycles. The lowest BCUT2D eigenvalue weighted by atomic mass is 10.1. The molecule has 1 aliphatic heterocycles. The number of halogens is 2. The Bertz CT molecular complexity index is 1090. The SMILES string of the molecule is CCC(Oc1nc2cnc(N3CCC(Oc4cc(F)ccc4Br)CC3)nc2s1)C(=O)O. The van der Waals surface area contributed by atoms with Crippen LogP contribution in [0.3, 0.4) is 0 Å². The normalized spacial score (nSPS) is 15.8. The van der Waals surface area contributed by atoms with Gasteiger partial charge >= 0.3 is 5.97 Å². The van der Waals surface area contributed by atoms with Crippen molar-refractivity contribution in [2.45, 2.75) is 38.4 Å². The third-order valence-corrected chi connectivity index (χ3v) is 6.43. The minimum atomic E-state index is -1.02. The molecule has 1 unspecified atom stereocenters. The van der Waals surface area contributed by atoms with Gasteiger partial charge in [0.25, 0.3) is 5.19 Å². The van der Waals surface area contributed by atoms with Gasteiger partial charge in [-0.25, -0.2) is 14.2 Å². The summed E-state index contributed by atoms with van der Waals surface area (Å²) in [6, 6.07) is 4.40. The molecule has 1 aliphatic rings.